The molecule has 0 aliphatic rings. The van der Waals surface area contributed by atoms with Gasteiger partial charge < -0.3 is 10.2 Å². The number of nitrogens with one attached hydrogen (secondary N) is 1. The minimum Gasteiger partial charge on any atom is -0.354 e. The average molecular weight is 513 g/mol. The maximum atomic E-state index is 13.5. The Kier molecular flexibility index (Phi) is 9.84. The number of amides is 2. The van der Waals surface area contributed by atoms with E-state index in [1.54, 1.807) is 31.2 Å². The van der Waals surface area contributed by atoms with Crippen molar-refractivity contribution in [1.29, 1.82) is 0 Å². The second-order valence-electron chi connectivity index (χ2n) is 7.89. The van der Waals surface area contributed by atoms with Gasteiger partial charge in [0.1, 0.15) is 18.4 Å². The van der Waals surface area contributed by atoms with Crippen molar-refractivity contribution in [3.05, 3.63) is 64.9 Å². The van der Waals surface area contributed by atoms with Crippen LogP contribution in [0.1, 0.15) is 25.8 Å². The van der Waals surface area contributed by atoms with Crippen molar-refractivity contribution in [3.63, 3.8) is 0 Å². The topological polar surface area (TPSA) is 90.0 Å². The van der Waals surface area contributed by atoms with Gasteiger partial charge >= 0.3 is 10.2 Å². The summed E-state index contributed by atoms with van der Waals surface area (Å²) in [7, 11) is -1.42. The summed E-state index contributed by atoms with van der Waals surface area (Å²) in [6, 6.07) is 10.7. The zero-order valence-corrected chi connectivity index (χ0v) is 21.2. The number of benzene rings is 2. The smallest absolute Gasteiger partial charge is 0.304 e. The summed E-state index contributed by atoms with van der Waals surface area (Å²) in [5.74, 6) is -1.49. The molecule has 0 bridgehead atoms. The Morgan fingerprint density at radius 2 is 1.65 bits per heavy atom. The molecule has 34 heavy (non-hydrogen) atoms. The molecule has 2 aromatic carbocycles. The third kappa shape index (κ3) is 7.15. The Morgan fingerprint density at radius 3 is 2.18 bits per heavy atom. The number of hydrogen-bond acceptors (Lipinski definition) is 4. The van der Waals surface area contributed by atoms with Crippen LogP contribution in [0.2, 0.25) is 5.02 Å². The maximum Gasteiger partial charge on any atom is 0.304 e. The molecule has 0 radical (unpaired) electrons. The zero-order chi connectivity index (χ0) is 25.5. The largest absolute Gasteiger partial charge is 0.354 e. The molecule has 2 aromatic rings. The number of hydrogen-bond donors (Lipinski definition) is 1. The van der Waals surface area contributed by atoms with Crippen molar-refractivity contribution in [3.8, 4) is 0 Å². The number of halogens is 2. The molecule has 0 saturated heterocycles. The van der Waals surface area contributed by atoms with Gasteiger partial charge in [0.05, 0.1) is 5.69 Å². The number of nitrogens with zero attached hydrogens (tertiary/aromatic N) is 3. The molecule has 0 aromatic heterocycles. The lowest BCUT2D eigenvalue weighted by Crippen LogP contribution is -2.52. The minimum absolute atomic E-state index is 0.0655. The lowest BCUT2D eigenvalue weighted by Gasteiger charge is -2.32. The highest BCUT2D eigenvalue weighted by Gasteiger charge is 2.32. The molecule has 8 nitrogen and oxygen atoms in total. The minimum atomic E-state index is -4.09. The summed E-state index contributed by atoms with van der Waals surface area (Å²) in [5, 5.41) is 3.29. The van der Waals surface area contributed by atoms with E-state index >= 15 is 0 Å². The van der Waals surface area contributed by atoms with Crippen molar-refractivity contribution in [2.75, 3.05) is 31.5 Å². The van der Waals surface area contributed by atoms with Gasteiger partial charge in [0.2, 0.25) is 11.8 Å². The highest BCUT2D eigenvalue weighted by Crippen LogP contribution is 2.21. The maximum absolute atomic E-state index is 13.5. The second kappa shape index (κ2) is 12.1. The van der Waals surface area contributed by atoms with Crippen molar-refractivity contribution >= 4 is 39.3 Å². The van der Waals surface area contributed by atoms with Gasteiger partial charge in [-0.2, -0.15) is 12.7 Å². The monoisotopic (exact) mass is 512 g/mol. The quantitative estimate of drug-likeness (QED) is 0.501. The molecule has 0 aliphatic carbocycles. The first-order valence-corrected chi connectivity index (χ1v) is 12.5. The third-order valence-electron chi connectivity index (χ3n) is 5.12. The Labute approximate surface area is 205 Å². The Bertz CT molecular complexity index is 1080. The molecule has 2 amide bonds. The molecule has 1 N–H and O–H groups in total. The summed E-state index contributed by atoms with van der Waals surface area (Å²) in [6.45, 7) is 3.43. The normalized spacial score (nSPS) is 12.3. The first-order valence-electron chi connectivity index (χ1n) is 10.7. The molecule has 2 rings (SSSR count). The fourth-order valence-electron chi connectivity index (χ4n) is 3.09. The van der Waals surface area contributed by atoms with Gasteiger partial charge in [0.25, 0.3) is 0 Å². The van der Waals surface area contributed by atoms with Crippen LogP contribution in [0.15, 0.2) is 48.5 Å². The van der Waals surface area contributed by atoms with Crippen LogP contribution >= 0.6 is 11.6 Å². The van der Waals surface area contributed by atoms with Gasteiger partial charge in [0.15, 0.2) is 0 Å². The van der Waals surface area contributed by atoms with E-state index in [0.717, 1.165) is 32.7 Å². The van der Waals surface area contributed by atoms with Crippen molar-refractivity contribution in [1.82, 2.24) is 14.5 Å². The van der Waals surface area contributed by atoms with Crippen LogP contribution in [-0.2, 0) is 26.3 Å². The van der Waals surface area contributed by atoms with E-state index in [9.17, 15) is 22.4 Å². The third-order valence-corrected chi connectivity index (χ3v) is 7.19. The summed E-state index contributed by atoms with van der Waals surface area (Å²) in [4.78, 5) is 27.5. The summed E-state index contributed by atoms with van der Waals surface area (Å²) < 4.78 is 41.3. The van der Waals surface area contributed by atoms with Crippen molar-refractivity contribution in [2.24, 2.45) is 0 Å². The van der Waals surface area contributed by atoms with E-state index in [1.807, 2.05) is 6.92 Å². The number of carbonyl (C=O) groups is 2. The van der Waals surface area contributed by atoms with Crippen LogP contribution in [0.5, 0.6) is 0 Å². The van der Waals surface area contributed by atoms with Crippen LogP contribution in [0, 0.1) is 5.82 Å². The van der Waals surface area contributed by atoms with Crippen LogP contribution < -0.4 is 9.62 Å². The van der Waals surface area contributed by atoms with E-state index < -0.39 is 34.5 Å². The van der Waals surface area contributed by atoms with Gasteiger partial charge in [-0.3, -0.25) is 9.59 Å². The molecule has 0 aliphatic heterocycles. The number of rotatable bonds is 11. The van der Waals surface area contributed by atoms with Crippen LogP contribution in [0.3, 0.4) is 0 Å². The van der Waals surface area contributed by atoms with Gasteiger partial charge in [-0.1, -0.05) is 30.7 Å². The fraction of sp³-hybridized carbons (Fsp3) is 0.391. The molecule has 0 heterocycles. The lowest BCUT2D eigenvalue weighted by molar-refractivity contribution is -0.139. The summed E-state index contributed by atoms with van der Waals surface area (Å²) in [5.41, 5.74) is 0.842. The van der Waals surface area contributed by atoms with Crippen molar-refractivity contribution < 1.29 is 22.4 Å². The number of anilines is 1. The first-order chi connectivity index (χ1) is 16.0. The van der Waals surface area contributed by atoms with Crippen LogP contribution in [-0.4, -0.2) is 62.7 Å². The fourth-order valence-corrected chi connectivity index (χ4v) is 4.27. The lowest BCUT2D eigenvalue weighted by atomic mass is 10.1. The molecule has 11 heteroatoms. The highest BCUT2D eigenvalue weighted by molar-refractivity contribution is 7.90. The standard InChI is InChI=1S/C23H30ClFN4O4S/c1-5-14-26-23(31)17(2)28(15-18-6-8-19(24)9-7-18)22(30)16-29(34(32,33)27(3)4)21-12-10-20(25)11-13-21/h6-13,17H,5,14-16H2,1-4H3,(H,26,31)/t17-/m0/s1. The van der Waals surface area contributed by atoms with E-state index in [-0.39, 0.29) is 18.1 Å². The van der Waals surface area contributed by atoms with Gasteiger partial charge in [-0.05, 0) is 55.3 Å². The summed E-state index contributed by atoms with van der Waals surface area (Å²) >= 11 is 5.96. The highest BCUT2D eigenvalue weighted by atomic mass is 35.5. The van der Waals surface area contributed by atoms with Gasteiger partial charge in [-0.25, -0.2) is 8.70 Å². The Hall–Kier alpha value is -2.69. The van der Waals surface area contributed by atoms with Crippen LogP contribution in [0.25, 0.3) is 0 Å². The SMILES string of the molecule is CCCNC(=O)[C@H](C)N(Cc1ccc(Cl)cc1)C(=O)CN(c1ccc(F)cc1)S(=O)(=O)N(C)C. The predicted molar refractivity (Wildman–Crippen MR) is 131 cm³/mol. The molecule has 186 valence electrons. The van der Waals surface area contributed by atoms with E-state index in [1.165, 1.54) is 31.1 Å². The predicted octanol–water partition coefficient (Wildman–Crippen LogP) is 3.04. The number of carbonyl (C=O) groups excluding carboxylic acids is 2. The molecular formula is C23H30ClFN4O4S. The van der Waals surface area contributed by atoms with Crippen LogP contribution in [0.4, 0.5) is 10.1 Å². The molecule has 0 unspecified atom stereocenters. The molecule has 0 fully saturated rings. The van der Waals surface area contributed by atoms with Crippen molar-refractivity contribution in [2.45, 2.75) is 32.9 Å². The van der Waals surface area contributed by atoms with E-state index in [4.69, 9.17) is 11.6 Å². The van der Waals surface area contributed by atoms with E-state index in [0.29, 0.717) is 11.6 Å². The van der Waals surface area contributed by atoms with Gasteiger partial charge in [-0.15, -0.1) is 0 Å². The van der Waals surface area contributed by atoms with E-state index in [2.05, 4.69) is 5.32 Å². The average Bonchev–Trinajstić information content (AvgIpc) is 2.80. The molecule has 0 saturated carbocycles. The first kappa shape index (κ1) is 27.6. The molecular weight excluding hydrogens is 483 g/mol. The zero-order valence-electron chi connectivity index (χ0n) is 19.7. The Balaban J connectivity index is 2.41. The molecule has 0 spiro atoms. The molecule has 1 atom stereocenters. The summed E-state index contributed by atoms with van der Waals surface area (Å²) in [6.07, 6.45) is 0.725. The Morgan fingerprint density at radius 1 is 1.06 bits per heavy atom. The van der Waals surface area contributed by atoms with Gasteiger partial charge in [0, 0.05) is 32.2 Å². The second-order valence-corrected chi connectivity index (χ2v) is 10.4.